The van der Waals surface area contributed by atoms with E-state index < -0.39 is 6.10 Å². The van der Waals surface area contributed by atoms with Gasteiger partial charge in [0.15, 0.2) is 6.10 Å². The second-order valence-electron chi connectivity index (χ2n) is 5.28. The molecule has 2 heterocycles. The van der Waals surface area contributed by atoms with E-state index in [1.807, 2.05) is 24.3 Å². The summed E-state index contributed by atoms with van der Waals surface area (Å²) < 4.78 is 11.0. The summed E-state index contributed by atoms with van der Waals surface area (Å²) >= 11 is 0. The van der Waals surface area contributed by atoms with Crippen molar-refractivity contribution in [1.82, 2.24) is 5.32 Å². The molecular formula is C15H20N2O3. The molecule has 5 heteroatoms. The van der Waals surface area contributed by atoms with Gasteiger partial charge in [-0.25, -0.2) is 0 Å². The van der Waals surface area contributed by atoms with Gasteiger partial charge in [0.2, 0.25) is 0 Å². The molecule has 1 amide bonds. The van der Waals surface area contributed by atoms with Crippen LogP contribution in [0.2, 0.25) is 0 Å². The van der Waals surface area contributed by atoms with E-state index in [1.54, 1.807) is 0 Å². The molecule has 5 nitrogen and oxygen atoms in total. The van der Waals surface area contributed by atoms with E-state index in [4.69, 9.17) is 9.47 Å². The number of carbonyl (C=O) groups is 1. The van der Waals surface area contributed by atoms with Gasteiger partial charge in [-0.15, -0.1) is 0 Å². The van der Waals surface area contributed by atoms with Gasteiger partial charge >= 0.3 is 0 Å². The van der Waals surface area contributed by atoms with Crippen LogP contribution in [0.3, 0.4) is 0 Å². The van der Waals surface area contributed by atoms with Crippen molar-refractivity contribution < 1.29 is 14.3 Å². The zero-order chi connectivity index (χ0) is 13.8. The van der Waals surface area contributed by atoms with Gasteiger partial charge in [-0.1, -0.05) is 12.1 Å². The van der Waals surface area contributed by atoms with Crippen molar-refractivity contribution in [3.63, 3.8) is 0 Å². The van der Waals surface area contributed by atoms with Crippen LogP contribution >= 0.6 is 0 Å². The van der Waals surface area contributed by atoms with Crippen LogP contribution in [0.25, 0.3) is 0 Å². The molecule has 2 aliphatic rings. The molecule has 0 spiro atoms. The zero-order valence-electron chi connectivity index (χ0n) is 11.4. The van der Waals surface area contributed by atoms with Crippen molar-refractivity contribution >= 4 is 11.6 Å². The molecule has 3 rings (SSSR count). The third-order valence-electron chi connectivity index (χ3n) is 3.83. The SMILES string of the molecule is O=C(NCC1CCOCC1)C1CNc2ccccc2O1. The monoisotopic (exact) mass is 276 g/mol. The molecule has 0 bridgehead atoms. The standard InChI is InChI=1S/C15H20N2O3/c18-15(17-9-11-5-7-19-8-6-11)14-10-16-12-3-1-2-4-13(12)20-14/h1-4,11,14,16H,5-10H2,(H,17,18). The Balaban J connectivity index is 1.51. The number of hydrogen-bond acceptors (Lipinski definition) is 4. The van der Waals surface area contributed by atoms with Gasteiger partial charge in [-0.3, -0.25) is 4.79 Å². The van der Waals surface area contributed by atoms with Crippen LogP contribution in [0, 0.1) is 5.92 Å². The van der Waals surface area contributed by atoms with E-state index in [0.717, 1.165) is 37.5 Å². The smallest absolute Gasteiger partial charge is 0.262 e. The van der Waals surface area contributed by atoms with Gasteiger partial charge in [-0.2, -0.15) is 0 Å². The van der Waals surface area contributed by atoms with E-state index in [-0.39, 0.29) is 5.91 Å². The van der Waals surface area contributed by atoms with Crippen molar-refractivity contribution in [2.24, 2.45) is 5.92 Å². The van der Waals surface area contributed by atoms with Crippen molar-refractivity contribution in [2.75, 3.05) is 31.6 Å². The maximum absolute atomic E-state index is 12.1. The Labute approximate surface area is 118 Å². The molecule has 0 saturated carbocycles. The highest BCUT2D eigenvalue weighted by Gasteiger charge is 2.26. The molecule has 0 aromatic heterocycles. The molecular weight excluding hydrogens is 256 g/mol. The quantitative estimate of drug-likeness (QED) is 0.876. The molecule has 0 radical (unpaired) electrons. The summed E-state index contributed by atoms with van der Waals surface area (Å²) in [6, 6.07) is 7.68. The zero-order valence-corrected chi connectivity index (χ0v) is 11.4. The number of ether oxygens (including phenoxy) is 2. The molecule has 108 valence electrons. The largest absolute Gasteiger partial charge is 0.477 e. The van der Waals surface area contributed by atoms with Crippen LogP contribution in [0.15, 0.2) is 24.3 Å². The molecule has 2 N–H and O–H groups in total. The van der Waals surface area contributed by atoms with Crippen LogP contribution in [-0.4, -0.2) is 38.3 Å². The first-order valence-corrected chi connectivity index (χ1v) is 7.18. The Hall–Kier alpha value is -1.75. The maximum Gasteiger partial charge on any atom is 0.262 e. The molecule has 2 aliphatic heterocycles. The summed E-state index contributed by atoms with van der Waals surface area (Å²) in [5, 5.41) is 6.22. The molecule has 1 saturated heterocycles. The summed E-state index contributed by atoms with van der Waals surface area (Å²) in [6.45, 7) is 2.82. The van der Waals surface area contributed by atoms with Crippen molar-refractivity contribution in [2.45, 2.75) is 18.9 Å². The fourth-order valence-electron chi connectivity index (χ4n) is 2.57. The van der Waals surface area contributed by atoms with Gasteiger partial charge in [0, 0.05) is 19.8 Å². The lowest BCUT2D eigenvalue weighted by Gasteiger charge is -2.28. The lowest BCUT2D eigenvalue weighted by molar-refractivity contribution is -0.128. The third kappa shape index (κ3) is 3.04. The first kappa shape index (κ1) is 13.2. The van der Waals surface area contributed by atoms with Crippen LogP contribution in [0.4, 0.5) is 5.69 Å². The van der Waals surface area contributed by atoms with Crippen LogP contribution in [0.5, 0.6) is 5.75 Å². The predicted octanol–water partition coefficient (Wildman–Crippen LogP) is 1.40. The van der Waals surface area contributed by atoms with E-state index in [9.17, 15) is 4.79 Å². The summed E-state index contributed by atoms with van der Waals surface area (Å²) in [6.07, 6.45) is 1.59. The highest BCUT2D eigenvalue weighted by Crippen LogP contribution is 2.28. The number of benzene rings is 1. The number of carbonyl (C=O) groups excluding carboxylic acids is 1. The van der Waals surface area contributed by atoms with Gasteiger partial charge in [0.1, 0.15) is 5.75 Å². The summed E-state index contributed by atoms with van der Waals surface area (Å²) in [7, 11) is 0. The Bertz CT molecular complexity index is 472. The summed E-state index contributed by atoms with van der Waals surface area (Å²) in [5.41, 5.74) is 0.945. The average Bonchev–Trinajstić information content (AvgIpc) is 2.53. The van der Waals surface area contributed by atoms with Gasteiger partial charge < -0.3 is 20.1 Å². The summed E-state index contributed by atoms with van der Waals surface area (Å²) in [5.74, 6) is 1.22. The number of anilines is 1. The van der Waals surface area contributed by atoms with E-state index in [0.29, 0.717) is 19.0 Å². The predicted molar refractivity (Wildman–Crippen MR) is 75.9 cm³/mol. The summed E-state index contributed by atoms with van der Waals surface area (Å²) in [4.78, 5) is 12.1. The van der Waals surface area contributed by atoms with Crippen LogP contribution in [-0.2, 0) is 9.53 Å². The van der Waals surface area contributed by atoms with Crippen molar-refractivity contribution in [3.8, 4) is 5.75 Å². The Morgan fingerprint density at radius 2 is 2.10 bits per heavy atom. The molecule has 1 fully saturated rings. The van der Waals surface area contributed by atoms with E-state index >= 15 is 0 Å². The molecule has 1 unspecified atom stereocenters. The van der Waals surface area contributed by atoms with Crippen LogP contribution in [0.1, 0.15) is 12.8 Å². The van der Waals surface area contributed by atoms with E-state index in [1.165, 1.54) is 0 Å². The Morgan fingerprint density at radius 1 is 1.30 bits per heavy atom. The normalized spacial score (nSPS) is 22.3. The van der Waals surface area contributed by atoms with Gasteiger partial charge in [-0.05, 0) is 30.9 Å². The Kier molecular flexibility index (Phi) is 4.06. The fraction of sp³-hybridized carbons (Fsp3) is 0.533. The molecule has 1 aromatic carbocycles. The minimum absolute atomic E-state index is 0.0431. The Morgan fingerprint density at radius 3 is 2.95 bits per heavy atom. The molecule has 1 atom stereocenters. The third-order valence-corrected chi connectivity index (χ3v) is 3.83. The van der Waals surface area contributed by atoms with Crippen molar-refractivity contribution in [1.29, 1.82) is 0 Å². The molecule has 20 heavy (non-hydrogen) atoms. The molecule has 1 aromatic rings. The average molecular weight is 276 g/mol. The fourth-order valence-corrected chi connectivity index (χ4v) is 2.57. The maximum atomic E-state index is 12.1. The van der Waals surface area contributed by atoms with Gasteiger partial charge in [0.25, 0.3) is 5.91 Å². The number of fused-ring (bicyclic) bond motifs is 1. The second kappa shape index (κ2) is 6.13. The lowest BCUT2D eigenvalue weighted by Crippen LogP contribution is -2.46. The number of hydrogen-bond donors (Lipinski definition) is 2. The number of nitrogens with one attached hydrogen (secondary N) is 2. The molecule has 0 aliphatic carbocycles. The van der Waals surface area contributed by atoms with Gasteiger partial charge in [0.05, 0.1) is 12.2 Å². The number of para-hydroxylation sites is 2. The minimum Gasteiger partial charge on any atom is -0.477 e. The van der Waals surface area contributed by atoms with Crippen LogP contribution < -0.4 is 15.4 Å². The highest BCUT2D eigenvalue weighted by molar-refractivity contribution is 5.83. The first-order chi connectivity index (χ1) is 9.83. The van der Waals surface area contributed by atoms with Crippen molar-refractivity contribution in [3.05, 3.63) is 24.3 Å². The van der Waals surface area contributed by atoms with E-state index in [2.05, 4.69) is 10.6 Å². The highest BCUT2D eigenvalue weighted by atomic mass is 16.5. The minimum atomic E-state index is -0.454. The second-order valence-corrected chi connectivity index (χ2v) is 5.28. The lowest BCUT2D eigenvalue weighted by atomic mass is 10.0. The number of amides is 1. The topological polar surface area (TPSA) is 59.6 Å². The first-order valence-electron chi connectivity index (χ1n) is 7.18. The number of rotatable bonds is 3.